The van der Waals surface area contributed by atoms with Gasteiger partial charge in [0.2, 0.25) is 0 Å². The molecule has 104 valence electrons. The molecule has 1 aliphatic heterocycles. The fourth-order valence-corrected chi connectivity index (χ4v) is 2.86. The molecule has 1 aliphatic rings. The van der Waals surface area contributed by atoms with Gasteiger partial charge >= 0.3 is 0 Å². The third kappa shape index (κ3) is 2.97. The molecule has 7 N–H and O–H groups in total. The van der Waals surface area contributed by atoms with Gasteiger partial charge in [-0.2, -0.15) is 0 Å². The molecular weight excluding hydrogens is 236 g/mol. The molecule has 0 saturated carbocycles. The van der Waals surface area contributed by atoms with Crippen molar-refractivity contribution in [1.29, 1.82) is 0 Å². The zero-order chi connectivity index (χ0) is 13.7. The number of fused-ring (bicyclic) bond motifs is 1. The lowest BCUT2D eigenvalue weighted by Gasteiger charge is -2.32. The van der Waals surface area contributed by atoms with Gasteiger partial charge in [-0.1, -0.05) is 18.2 Å². The number of para-hydroxylation sites is 1. The number of hydrogen-bond acceptors (Lipinski definition) is 4. The minimum Gasteiger partial charge on any atom is -0.378 e. The summed E-state index contributed by atoms with van der Waals surface area (Å²) in [6.45, 7) is 1.99. The standard InChI is InChI=1S/C15H24N4/c16-8-5-11-12-3-1-2-4-14(12)19-15(7-10-18)13(11)6-9-17/h1-4,15,19H,5-10,16-18H2. The van der Waals surface area contributed by atoms with Crippen molar-refractivity contribution >= 4 is 11.3 Å². The highest BCUT2D eigenvalue weighted by molar-refractivity contribution is 5.82. The van der Waals surface area contributed by atoms with Crippen molar-refractivity contribution in [2.24, 2.45) is 17.2 Å². The average Bonchev–Trinajstić information content (AvgIpc) is 2.43. The van der Waals surface area contributed by atoms with Crippen LogP contribution in [0.1, 0.15) is 24.8 Å². The molecule has 4 nitrogen and oxygen atoms in total. The molecule has 1 aromatic rings. The highest BCUT2D eigenvalue weighted by Gasteiger charge is 2.24. The predicted molar refractivity (Wildman–Crippen MR) is 81.8 cm³/mol. The van der Waals surface area contributed by atoms with Gasteiger partial charge in [-0.05, 0) is 56.1 Å². The van der Waals surface area contributed by atoms with Crippen molar-refractivity contribution in [3.05, 3.63) is 35.4 Å². The van der Waals surface area contributed by atoms with Crippen LogP contribution < -0.4 is 22.5 Å². The van der Waals surface area contributed by atoms with E-state index < -0.39 is 0 Å². The number of rotatable bonds is 6. The molecule has 0 amide bonds. The van der Waals surface area contributed by atoms with Crippen molar-refractivity contribution in [1.82, 2.24) is 0 Å². The van der Waals surface area contributed by atoms with Gasteiger partial charge < -0.3 is 22.5 Å². The summed E-state index contributed by atoms with van der Waals surface area (Å²) in [6, 6.07) is 8.70. The van der Waals surface area contributed by atoms with E-state index in [0.717, 1.165) is 19.3 Å². The topological polar surface area (TPSA) is 90.1 Å². The first-order chi connectivity index (χ1) is 9.31. The van der Waals surface area contributed by atoms with Crippen LogP contribution in [0.3, 0.4) is 0 Å². The minimum absolute atomic E-state index is 0.296. The molecule has 0 spiro atoms. The minimum atomic E-state index is 0.296. The van der Waals surface area contributed by atoms with Crippen molar-refractivity contribution < 1.29 is 0 Å². The Morgan fingerprint density at radius 2 is 1.68 bits per heavy atom. The Labute approximate surface area is 115 Å². The van der Waals surface area contributed by atoms with E-state index >= 15 is 0 Å². The average molecular weight is 260 g/mol. The molecule has 0 aromatic heterocycles. The molecule has 1 atom stereocenters. The van der Waals surface area contributed by atoms with Crippen LogP contribution in [0.5, 0.6) is 0 Å². The normalized spacial score (nSPS) is 18.2. The van der Waals surface area contributed by atoms with Gasteiger partial charge in [-0.25, -0.2) is 0 Å². The van der Waals surface area contributed by atoms with Gasteiger partial charge in [0.05, 0.1) is 0 Å². The third-order valence-electron chi connectivity index (χ3n) is 3.65. The van der Waals surface area contributed by atoms with Crippen molar-refractivity contribution in [2.75, 3.05) is 25.0 Å². The van der Waals surface area contributed by atoms with E-state index in [1.807, 2.05) is 0 Å². The van der Waals surface area contributed by atoms with Crippen LogP contribution in [-0.4, -0.2) is 25.7 Å². The Bertz CT molecular complexity index is 453. The van der Waals surface area contributed by atoms with Crippen molar-refractivity contribution in [3.63, 3.8) is 0 Å². The molecule has 0 aliphatic carbocycles. The summed E-state index contributed by atoms with van der Waals surface area (Å²) in [5, 5.41) is 3.59. The van der Waals surface area contributed by atoms with E-state index in [9.17, 15) is 0 Å². The fourth-order valence-electron chi connectivity index (χ4n) is 2.86. The van der Waals surface area contributed by atoms with Crippen LogP contribution in [-0.2, 0) is 0 Å². The molecule has 1 unspecified atom stereocenters. The van der Waals surface area contributed by atoms with Crippen LogP contribution in [0.4, 0.5) is 5.69 Å². The largest absolute Gasteiger partial charge is 0.378 e. The molecule has 19 heavy (non-hydrogen) atoms. The SMILES string of the molecule is NCCC1=C(CCN)C(CCN)Nc2ccccc21. The van der Waals surface area contributed by atoms with Gasteiger partial charge in [-0.3, -0.25) is 0 Å². The molecule has 0 fully saturated rings. The summed E-state index contributed by atoms with van der Waals surface area (Å²) in [4.78, 5) is 0. The van der Waals surface area contributed by atoms with E-state index in [2.05, 4.69) is 29.6 Å². The monoisotopic (exact) mass is 260 g/mol. The van der Waals surface area contributed by atoms with E-state index in [1.54, 1.807) is 0 Å². The second-order valence-electron chi connectivity index (χ2n) is 4.90. The molecule has 0 saturated heterocycles. The molecular formula is C15H24N4. The smallest absolute Gasteiger partial charge is 0.0492 e. The van der Waals surface area contributed by atoms with Gasteiger partial charge in [0.15, 0.2) is 0 Å². The third-order valence-corrected chi connectivity index (χ3v) is 3.65. The molecule has 2 rings (SSSR count). The Morgan fingerprint density at radius 3 is 2.37 bits per heavy atom. The van der Waals surface area contributed by atoms with Gasteiger partial charge in [0.1, 0.15) is 0 Å². The van der Waals surface area contributed by atoms with Gasteiger partial charge in [0, 0.05) is 17.3 Å². The summed E-state index contributed by atoms with van der Waals surface area (Å²) in [5.74, 6) is 0. The highest BCUT2D eigenvalue weighted by Crippen LogP contribution is 2.37. The molecule has 4 heteroatoms. The molecule has 1 heterocycles. The van der Waals surface area contributed by atoms with Crippen LogP contribution in [0.15, 0.2) is 29.8 Å². The maximum atomic E-state index is 5.78. The summed E-state index contributed by atoms with van der Waals surface area (Å²) in [5.41, 5.74) is 22.5. The van der Waals surface area contributed by atoms with Crippen LogP contribution in [0.2, 0.25) is 0 Å². The first-order valence-electron chi connectivity index (χ1n) is 6.99. The summed E-state index contributed by atoms with van der Waals surface area (Å²) in [6.07, 6.45) is 2.73. The quantitative estimate of drug-likeness (QED) is 0.620. The summed E-state index contributed by atoms with van der Waals surface area (Å²) in [7, 11) is 0. The second-order valence-corrected chi connectivity index (χ2v) is 4.90. The van der Waals surface area contributed by atoms with E-state index in [0.29, 0.717) is 25.7 Å². The summed E-state index contributed by atoms with van der Waals surface area (Å²) < 4.78 is 0. The molecule has 1 aromatic carbocycles. The number of anilines is 1. The first-order valence-corrected chi connectivity index (χ1v) is 6.99. The van der Waals surface area contributed by atoms with Crippen molar-refractivity contribution in [3.8, 4) is 0 Å². The lowest BCUT2D eigenvalue weighted by molar-refractivity contribution is 0.697. The zero-order valence-electron chi connectivity index (χ0n) is 11.4. The lowest BCUT2D eigenvalue weighted by atomic mass is 9.85. The fraction of sp³-hybridized carbons (Fsp3) is 0.467. The number of hydrogen-bond donors (Lipinski definition) is 4. The van der Waals surface area contributed by atoms with Crippen LogP contribution in [0, 0.1) is 0 Å². The van der Waals surface area contributed by atoms with Crippen molar-refractivity contribution in [2.45, 2.75) is 25.3 Å². The second kappa shape index (κ2) is 6.70. The number of nitrogens with two attached hydrogens (primary N) is 3. The predicted octanol–water partition coefficient (Wildman–Crippen LogP) is 1.28. The van der Waals surface area contributed by atoms with Gasteiger partial charge in [-0.15, -0.1) is 0 Å². The zero-order valence-corrected chi connectivity index (χ0v) is 11.4. The van der Waals surface area contributed by atoms with E-state index in [4.69, 9.17) is 17.2 Å². The van der Waals surface area contributed by atoms with Gasteiger partial charge in [0.25, 0.3) is 0 Å². The first kappa shape index (κ1) is 14.1. The van der Waals surface area contributed by atoms with Crippen LogP contribution >= 0.6 is 0 Å². The maximum absolute atomic E-state index is 5.78. The lowest BCUT2D eigenvalue weighted by Crippen LogP contribution is -2.31. The number of nitrogens with one attached hydrogen (secondary N) is 1. The summed E-state index contributed by atoms with van der Waals surface area (Å²) >= 11 is 0. The van der Waals surface area contributed by atoms with E-state index in [1.165, 1.54) is 22.4 Å². The maximum Gasteiger partial charge on any atom is 0.0492 e. The molecule has 0 bridgehead atoms. The van der Waals surface area contributed by atoms with E-state index in [-0.39, 0.29) is 0 Å². The Morgan fingerprint density at radius 1 is 0.947 bits per heavy atom. The highest BCUT2D eigenvalue weighted by atomic mass is 14.9. The Balaban J connectivity index is 2.45. The Hall–Kier alpha value is -1.36. The Kier molecular flexibility index (Phi) is 4.96. The molecule has 0 radical (unpaired) electrons. The van der Waals surface area contributed by atoms with Crippen LogP contribution in [0.25, 0.3) is 5.57 Å². The number of benzene rings is 1.